The lowest BCUT2D eigenvalue weighted by molar-refractivity contribution is 0.391. The van der Waals surface area contributed by atoms with E-state index in [0.29, 0.717) is 0 Å². The number of hydrogen-bond donors (Lipinski definition) is 0. The Morgan fingerprint density at radius 2 is 1.29 bits per heavy atom. The third kappa shape index (κ3) is 3.62. The lowest BCUT2D eigenvalue weighted by Crippen LogP contribution is -2.48. The van der Waals surface area contributed by atoms with E-state index in [0.717, 1.165) is 48.2 Å². The molecule has 0 radical (unpaired) electrons. The SMILES string of the molecule is COc1ccc(C(=S)N2CCN(c3ccc(OC)cc3)CC2)cc1. The van der Waals surface area contributed by atoms with Gasteiger partial charge in [-0.1, -0.05) is 12.2 Å². The molecule has 0 unspecified atom stereocenters. The summed E-state index contributed by atoms with van der Waals surface area (Å²) < 4.78 is 10.4. The number of hydrogen-bond acceptors (Lipinski definition) is 4. The van der Waals surface area contributed by atoms with E-state index in [2.05, 4.69) is 21.9 Å². The Balaban J connectivity index is 1.60. The Morgan fingerprint density at radius 1 is 0.792 bits per heavy atom. The summed E-state index contributed by atoms with van der Waals surface area (Å²) in [6, 6.07) is 16.2. The standard InChI is InChI=1S/C19H22N2O2S/c1-22-17-7-3-15(4-8-17)19(24)21-13-11-20(12-14-21)16-5-9-18(23-2)10-6-16/h3-10H,11-14H2,1-2H3. The third-order valence-corrected chi connectivity index (χ3v) is 4.84. The first-order valence-corrected chi connectivity index (χ1v) is 8.44. The van der Waals surface area contributed by atoms with Crippen molar-refractivity contribution in [1.29, 1.82) is 0 Å². The van der Waals surface area contributed by atoms with Crippen LogP contribution in [0, 0.1) is 0 Å². The number of thiocarbonyl (C=S) groups is 1. The molecule has 126 valence electrons. The van der Waals surface area contributed by atoms with Crippen molar-refractivity contribution in [2.24, 2.45) is 0 Å². The second-order valence-electron chi connectivity index (χ2n) is 5.71. The van der Waals surface area contributed by atoms with Gasteiger partial charge in [-0.15, -0.1) is 0 Å². The van der Waals surface area contributed by atoms with Crippen LogP contribution in [-0.2, 0) is 0 Å². The van der Waals surface area contributed by atoms with Crippen molar-refractivity contribution < 1.29 is 9.47 Å². The van der Waals surface area contributed by atoms with Gasteiger partial charge in [0.15, 0.2) is 0 Å². The lowest BCUT2D eigenvalue weighted by Gasteiger charge is -2.37. The highest BCUT2D eigenvalue weighted by molar-refractivity contribution is 7.80. The average molecular weight is 342 g/mol. The number of ether oxygens (including phenoxy) is 2. The Hall–Kier alpha value is -2.27. The van der Waals surface area contributed by atoms with Crippen LogP contribution in [0.4, 0.5) is 5.69 Å². The number of benzene rings is 2. The summed E-state index contributed by atoms with van der Waals surface area (Å²) in [7, 11) is 3.36. The minimum atomic E-state index is 0.853. The monoisotopic (exact) mass is 342 g/mol. The zero-order chi connectivity index (χ0) is 16.9. The predicted molar refractivity (Wildman–Crippen MR) is 101 cm³/mol. The van der Waals surface area contributed by atoms with Crippen molar-refractivity contribution in [2.45, 2.75) is 0 Å². The predicted octanol–water partition coefficient (Wildman–Crippen LogP) is 3.20. The molecular formula is C19H22N2O2S. The van der Waals surface area contributed by atoms with E-state index in [1.54, 1.807) is 14.2 Å². The molecule has 5 heteroatoms. The Morgan fingerprint density at radius 3 is 1.79 bits per heavy atom. The molecule has 0 aromatic heterocycles. The fourth-order valence-electron chi connectivity index (χ4n) is 2.88. The van der Waals surface area contributed by atoms with Crippen molar-refractivity contribution >= 4 is 22.9 Å². The molecule has 2 aromatic rings. The first-order valence-electron chi connectivity index (χ1n) is 8.03. The highest BCUT2D eigenvalue weighted by atomic mass is 32.1. The summed E-state index contributed by atoms with van der Waals surface area (Å²) in [5.41, 5.74) is 2.30. The molecule has 0 N–H and O–H groups in total. The van der Waals surface area contributed by atoms with Crippen molar-refractivity contribution in [3.63, 3.8) is 0 Å². The van der Waals surface area contributed by atoms with Gasteiger partial charge in [-0.2, -0.15) is 0 Å². The summed E-state index contributed by atoms with van der Waals surface area (Å²) in [4.78, 5) is 5.57. The molecule has 2 aromatic carbocycles. The maximum atomic E-state index is 5.66. The smallest absolute Gasteiger partial charge is 0.119 e. The molecule has 1 heterocycles. The van der Waals surface area contributed by atoms with Crippen LogP contribution in [-0.4, -0.2) is 50.3 Å². The van der Waals surface area contributed by atoms with E-state index in [-0.39, 0.29) is 0 Å². The highest BCUT2D eigenvalue weighted by Crippen LogP contribution is 2.21. The minimum absolute atomic E-state index is 0.853. The molecular weight excluding hydrogens is 320 g/mol. The summed E-state index contributed by atoms with van der Waals surface area (Å²) in [5, 5.41) is 0. The molecule has 4 nitrogen and oxygen atoms in total. The molecule has 0 atom stereocenters. The lowest BCUT2D eigenvalue weighted by atomic mass is 10.1. The Labute approximate surface area is 148 Å². The van der Waals surface area contributed by atoms with Crippen LogP contribution < -0.4 is 14.4 Å². The van der Waals surface area contributed by atoms with Gasteiger partial charge >= 0.3 is 0 Å². The Bertz CT molecular complexity index is 678. The molecule has 1 aliphatic rings. The van der Waals surface area contributed by atoms with Gasteiger partial charge in [0.1, 0.15) is 16.5 Å². The quantitative estimate of drug-likeness (QED) is 0.795. The molecule has 1 aliphatic heterocycles. The van der Waals surface area contributed by atoms with Crippen LogP contribution in [0.3, 0.4) is 0 Å². The van der Waals surface area contributed by atoms with Crippen LogP contribution in [0.1, 0.15) is 5.56 Å². The molecule has 1 fully saturated rings. The highest BCUT2D eigenvalue weighted by Gasteiger charge is 2.20. The van der Waals surface area contributed by atoms with Gasteiger partial charge in [0.2, 0.25) is 0 Å². The van der Waals surface area contributed by atoms with Crippen LogP contribution in [0.2, 0.25) is 0 Å². The van der Waals surface area contributed by atoms with Crippen molar-refractivity contribution in [3.8, 4) is 11.5 Å². The molecule has 0 bridgehead atoms. The van der Waals surface area contributed by atoms with E-state index >= 15 is 0 Å². The van der Waals surface area contributed by atoms with Gasteiger partial charge in [0.05, 0.1) is 14.2 Å². The van der Waals surface area contributed by atoms with Gasteiger partial charge in [0.25, 0.3) is 0 Å². The molecule has 0 saturated carbocycles. The molecule has 1 saturated heterocycles. The van der Waals surface area contributed by atoms with Crippen LogP contribution >= 0.6 is 12.2 Å². The molecule has 0 aliphatic carbocycles. The first kappa shape index (κ1) is 16.6. The molecule has 0 spiro atoms. The van der Waals surface area contributed by atoms with Gasteiger partial charge < -0.3 is 19.3 Å². The second-order valence-corrected chi connectivity index (χ2v) is 6.09. The fourth-order valence-corrected chi connectivity index (χ4v) is 3.20. The molecule has 0 amide bonds. The molecule has 24 heavy (non-hydrogen) atoms. The summed E-state index contributed by atoms with van der Waals surface area (Å²) in [6.07, 6.45) is 0. The second kappa shape index (κ2) is 7.53. The minimum Gasteiger partial charge on any atom is -0.497 e. The van der Waals surface area contributed by atoms with E-state index in [9.17, 15) is 0 Å². The topological polar surface area (TPSA) is 24.9 Å². The van der Waals surface area contributed by atoms with Crippen molar-refractivity contribution in [3.05, 3.63) is 54.1 Å². The van der Waals surface area contributed by atoms with Crippen LogP contribution in [0.25, 0.3) is 0 Å². The normalized spacial score (nSPS) is 14.4. The van der Waals surface area contributed by atoms with E-state index in [4.69, 9.17) is 21.7 Å². The summed E-state index contributed by atoms with van der Waals surface area (Å²) in [5.74, 6) is 1.74. The first-order chi connectivity index (χ1) is 11.7. The number of nitrogens with zero attached hydrogens (tertiary/aromatic N) is 2. The number of rotatable bonds is 4. The summed E-state index contributed by atoms with van der Waals surface area (Å²) >= 11 is 5.66. The fraction of sp³-hybridized carbons (Fsp3) is 0.316. The molecule has 3 rings (SSSR count). The van der Waals surface area contributed by atoms with Gasteiger partial charge in [0, 0.05) is 37.4 Å². The number of piperazine rings is 1. The van der Waals surface area contributed by atoms with Crippen molar-refractivity contribution in [1.82, 2.24) is 4.90 Å². The van der Waals surface area contributed by atoms with Crippen LogP contribution in [0.15, 0.2) is 48.5 Å². The van der Waals surface area contributed by atoms with Gasteiger partial charge in [-0.25, -0.2) is 0 Å². The van der Waals surface area contributed by atoms with Crippen molar-refractivity contribution in [2.75, 3.05) is 45.3 Å². The van der Waals surface area contributed by atoms with E-state index in [1.807, 2.05) is 36.4 Å². The Kier molecular flexibility index (Phi) is 5.20. The number of methoxy groups -OCH3 is 2. The average Bonchev–Trinajstić information content (AvgIpc) is 2.68. The zero-order valence-electron chi connectivity index (χ0n) is 14.1. The van der Waals surface area contributed by atoms with E-state index in [1.165, 1.54) is 5.69 Å². The van der Waals surface area contributed by atoms with Crippen LogP contribution in [0.5, 0.6) is 11.5 Å². The maximum absolute atomic E-state index is 5.66. The summed E-state index contributed by atoms with van der Waals surface area (Å²) in [6.45, 7) is 3.78. The third-order valence-electron chi connectivity index (χ3n) is 4.34. The van der Waals surface area contributed by atoms with Gasteiger partial charge in [-0.05, 0) is 48.5 Å². The number of anilines is 1. The van der Waals surface area contributed by atoms with Gasteiger partial charge in [-0.3, -0.25) is 0 Å². The maximum Gasteiger partial charge on any atom is 0.119 e. The zero-order valence-corrected chi connectivity index (χ0v) is 14.9. The van der Waals surface area contributed by atoms with E-state index < -0.39 is 0 Å². The largest absolute Gasteiger partial charge is 0.497 e.